The van der Waals surface area contributed by atoms with E-state index in [0.29, 0.717) is 6.42 Å². The molecule has 0 unspecified atom stereocenters. The maximum absolute atomic E-state index is 11.8. The van der Waals surface area contributed by atoms with Crippen molar-refractivity contribution in [3.63, 3.8) is 0 Å². The summed E-state index contributed by atoms with van der Waals surface area (Å²) in [5.41, 5.74) is 2.22. The number of sulfone groups is 1. The van der Waals surface area contributed by atoms with Crippen molar-refractivity contribution < 1.29 is 17.9 Å². The second-order valence-corrected chi connectivity index (χ2v) is 7.69. The van der Waals surface area contributed by atoms with Crippen molar-refractivity contribution in [1.82, 2.24) is 5.32 Å². The smallest absolute Gasteiger partial charge is 0.223 e. The van der Waals surface area contributed by atoms with Crippen LogP contribution in [0.4, 0.5) is 0 Å². The van der Waals surface area contributed by atoms with Gasteiger partial charge in [-0.2, -0.15) is 0 Å². The summed E-state index contributed by atoms with van der Waals surface area (Å²) in [4.78, 5) is 11.8. The van der Waals surface area contributed by atoms with Crippen LogP contribution in [-0.4, -0.2) is 38.5 Å². The lowest BCUT2D eigenvalue weighted by Crippen LogP contribution is -2.36. The Balaban J connectivity index is 1.76. The third-order valence-electron chi connectivity index (χ3n) is 3.74. The monoisotopic (exact) mass is 311 g/mol. The van der Waals surface area contributed by atoms with E-state index < -0.39 is 9.84 Å². The summed E-state index contributed by atoms with van der Waals surface area (Å²) in [5, 5.41) is 2.75. The first kappa shape index (κ1) is 15.8. The SMILES string of the molecule is Cc1cccc(OCCC(=O)N[C@@H]2CCS(=O)(=O)C2)c1C. The predicted molar refractivity (Wildman–Crippen MR) is 81.2 cm³/mol. The molecule has 2 rings (SSSR count). The molecule has 0 aromatic heterocycles. The molecule has 5 nitrogen and oxygen atoms in total. The molecule has 116 valence electrons. The van der Waals surface area contributed by atoms with Crippen molar-refractivity contribution >= 4 is 15.7 Å². The molecule has 0 bridgehead atoms. The van der Waals surface area contributed by atoms with E-state index in [-0.39, 0.29) is 36.5 Å². The van der Waals surface area contributed by atoms with Crippen molar-refractivity contribution in [2.45, 2.75) is 32.7 Å². The first-order valence-electron chi connectivity index (χ1n) is 7.06. The van der Waals surface area contributed by atoms with Gasteiger partial charge in [0.1, 0.15) is 5.75 Å². The number of benzene rings is 1. The number of carbonyl (C=O) groups excluding carboxylic acids is 1. The highest BCUT2D eigenvalue weighted by Gasteiger charge is 2.28. The van der Waals surface area contributed by atoms with Gasteiger partial charge in [0.05, 0.1) is 24.5 Å². The Labute approximate surface area is 125 Å². The molecule has 0 saturated carbocycles. The van der Waals surface area contributed by atoms with Crippen LogP contribution in [0.15, 0.2) is 18.2 Å². The van der Waals surface area contributed by atoms with Crippen molar-refractivity contribution in [1.29, 1.82) is 0 Å². The topological polar surface area (TPSA) is 72.5 Å². The van der Waals surface area contributed by atoms with E-state index >= 15 is 0 Å². The third-order valence-corrected chi connectivity index (χ3v) is 5.51. The van der Waals surface area contributed by atoms with Gasteiger partial charge in [-0.25, -0.2) is 8.42 Å². The highest BCUT2D eigenvalue weighted by molar-refractivity contribution is 7.91. The standard InChI is InChI=1S/C15H21NO4S/c1-11-4-3-5-14(12(11)2)20-8-6-15(17)16-13-7-9-21(18,19)10-13/h3-5,13H,6-10H2,1-2H3,(H,16,17)/t13-/m1/s1. The fourth-order valence-electron chi connectivity index (χ4n) is 2.34. The van der Waals surface area contributed by atoms with Gasteiger partial charge in [-0.15, -0.1) is 0 Å². The van der Waals surface area contributed by atoms with E-state index in [2.05, 4.69) is 5.32 Å². The van der Waals surface area contributed by atoms with E-state index in [1.807, 2.05) is 32.0 Å². The number of hydrogen-bond acceptors (Lipinski definition) is 4. The maximum Gasteiger partial charge on any atom is 0.223 e. The number of rotatable bonds is 5. The molecule has 1 aromatic carbocycles. The van der Waals surface area contributed by atoms with Gasteiger partial charge in [-0.1, -0.05) is 12.1 Å². The molecule has 1 heterocycles. The molecule has 1 fully saturated rings. The molecule has 0 radical (unpaired) electrons. The highest BCUT2D eigenvalue weighted by Crippen LogP contribution is 2.20. The van der Waals surface area contributed by atoms with Gasteiger partial charge in [0.15, 0.2) is 9.84 Å². The molecule has 1 aliphatic rings. The van der Waals surface area contributed by atoms with Crippen molar-refractivity contribution in [3.8, 4) is 5.75 Å². The zero-order valence-corrected chi connectivity index (χ0v) is 13.2. The fraction of sp³-hybridized carbons (Fsp3) is 0.533. The Morgan fingerprint density at radius 1 is 1.38 bits per heavy atom. The molecule has 1 aromatic rings. The normalized spacial score (nSPS) is 20.2. The van der Waals surface area contributed by atoms with Gasteiger partial charge in [-0.3, -0.25) is 4.79 Å². The molecular formula is C15H21NO4S. The van der Waals surface area contributed by atoms with Crippen LogP contribution < -0.4 is 10.1 Å². The van der Waals surface area contributed by atoms with E-state index in [9.17, 15) is 13.2 Å². The molecule has 1 aliphatic heterocycles. The number of nitrogens with one attached hydrogen (secondary N) is 1. The summed E-state index contributed by atoms with van der Waals surface area (Å²) in [7, 11) is -2.96. The van der Waals surface area contributed by atoms with Crippen LogP contribution in [0, 0.1) is 13.8 Å². The number of ether oxygens (including phenoxy) is 1. The minimum Gasteiger partial charge on any atom is -0.493 e. The second kappa shape index (κ2) is 6.47. The Hall–Kier alpha value is -1.56. The van der Waals surface area contributed by atoms with E-state index in [4.69, 9.17) is 4.74 Å². The number of hydrogen-bond donors (Lipinski definition) is 1. The van der Waals surface area contributed by atoms with Gasteiger partial charge in [-0.05, 0) is 37.5 Å². The Morgan fingerprint density at radius 2 is 2.14 bits per heavy atom. The molecule has 0 spiro atoms. The van der Waals surface area contributed by atoms with Gasteiger partial charge in [0.2, 0.25) is 5.91 Å². The van der Waals surface area contributed by atoms with Gasteiger partial charge < -0.3 is 10.1 Å². The van der Waals surface area contributed by atoms with Crippen LogP contribution in [-0.2, 0) is 14.6 Å². The molecule has 1 atom stereocenters. The van der Waals surface area contributed by atoms with Crippen LogP contribution in [0.5, 0.6) is 5.75 Å². The fourth-order valence-corrected chi connectivity index (χ4v) is 4.02. The molecule has 21 heavy (non-hydrogen) atoms. The molecule has 1 amide bonds. The zero-order valence-electron chi connectivity index (χ0n) is 12.4. The van der Waals surface area contributed by atoms with Crippen LogP contribution >= 0.6 is 0 Å². The minimum absolute atomic E-state index is 0.0522. The van der Waals surface area contributed by atoms with Gasteiger partial charge >= 0.3 is 0 Å². The summed E-state index contributed by atoms with van der Waals surface area (Å²) in [6, 6.07) is 5.56. The predicted octanol–water partition coefficient (Wildman–Crippen LogP) is 1.38. The van der Waals surface area contributed by atoms with Crippen molar-refractivity contribution in [2.75, 3.05) is 18.1 Å². The first-order valence-corrected chi connectivity index (χ1v) is 8.88. The summed E-state index contributed by atoms with van der Waals surface area (Å²) in [5.74, 6) is 0.835. The largest absolute Gasteiger partial charge is 0.493 e. The third kappa shape index (κ3) is 4.46. The molecule has 0 aliphatic carbocycles. The minimum atomic E-state index is -2.96. The average molecular weight is 311 g/mol. The lowest BCUT2D eigenvalue weighted by Gasteiger charge is -2.13. The first-order chi connectivity index (χ1) is 9.87. The Bertz CT molecular complexity index is 625. The lowest BCUT2D eigenvalue weighted by atomic mass is 10.1. The van der Waals surface area contributed by atoms with Crippen LogP contribution in [0.25, 0.3) is 0 Å². The summed E-state index contributed by atoms with van der Waals surface area (Å²) < 4.78 is 28.2. The summed E-state index contributed by atoms with van der Waals surface area (Å²) >= 11 is 0. The number of aryl methyl sites for hydroxylation is 1. The van der Waals surface area contributed by atoms with E-state index in [1.165, 1.54) is 0 Å². The van der Waals surface area contributed by atoms with E-state index in [0.717, 1.165) is 16.9 Å². The van der Waals surface area contributed by atoms with Gasteiger partial charge in [0, 0.05) is 6.04 Å². The van der Waals surface area contributed by atoms with Crippen molar-refractivity contribution in [2.24, 2.45) is 0 Å². The van der Waals surface area contributed by atoms with Crippen LogP contribution in [0.2, 0.25) is 0 Å². The Morgan fingerprint density at radius 3 is 2.81 bits per heavy atom. The maximum atomic E-state index is 11.8. The summed E-state index contributed by atoms with van der Waals surface area (Å²) in [6.07, 6.45) is 0.732. The van der Waals surface area contributed by atoms with Gasteiger partial charge in [0.25, 0.3) is 0 Å². The lowest BCUT2D eigenvalue weighted by molar-refractivity contribution is -0.122. The Kier molecular flexibility index (Phi) is 4.88. The molecular weight excluding hydrogens is 290 g/mol. The molecule has 1 saturated heterocycles. The van der Waals surface area contributed by atoms with Crippen LogP contribution in [0.3, 0.4) is 0 Å². The average Bonchev–Trinajstić information content (AvgIpc) is 2.74. The molecule has 6 heteroatoms. The second-order valence-electron chi connectivity index (χ2n) is 5.46. The quantitative estimate of drug-likeness (QED) is 0.891. The number of carbonyl (C=O) groups is 1. The zero-order chi connectivity index (χ0) is 15.5. The highest BCUT2D eigenvalue weighted by atomic mass is 32.2. The molecule has 1 N–H and O–H groups in total. The summed E-state index contributed by atoms with van der Waals surface area (Å²) in [6.45, 7) is 4.28. The van der Waals surface area contributed by atoms with Crippen LogP contribution in [0.1, 0.15) is 24.0 Å². The van der Waals surface area contributed by atoms with E-state index in [1.54, 1.807) is 0 Å². The number of amides is 1. The van der Waals surface area contributed by atoms with Crippen molar-refractivity contribution in [3.05, 3.63) is 29.3 Å².